The minimum atomic E-state index is -2.92. The van der Waals surface area contributed by atoms with E-state index in [1.165, 1.54) is 0 Å². The molecule has 0 aliphatic heterocycles. The summed E-state index contributed by atoms with van der Waals surface area (Å²) in [6.07, 6.45) is -0.886. The molecule has 0 bridgehead atoms. The highest BCUT2D eigenvalue weighted by Gasteiger charge is 2.48. The third-order valence-corrected chi connectivity index (χ3v) is 2.75. The lowest BCUT2D eigenvalue weighted by atomic mass is 9.84. The van der Waals surface area contributed by atoms with Crippen LogP contribution in [0.5, 0.6) is 0 Å². The summed E-state index contributed by atoms with van der Waals surface area (Å²) in [7, 11) is 0. The summed E-state index contributed by atoms with van der Waals surface area (Å²) in [6, 6.07) is 0. The van der Waals surface area contributed by atoms with Gasteiger partial charge in [0.25, 0.3) is 5.92 Å². The maximum absolute atomic E-state index is 13.6. The molecule has 2 unspecified atom stereocenters. The molecular weight excluding hydrogens is 218 g/mol. The van der Waals surface area contributed by atoms with Crippen LogP contribution in [0.15, 0.2) is 0 Å². The molecule has 1 aliphatic carbocycles. The standard InChI is InChI=1S/C11H18F2O3/c1-3-15-9-6-5-8(7-11(9,12)13)10(14)16-4-2/h8-9H,3-7H2,1-2H3. The van der Waals surface area contributed by atoms with Crippen molar-refractivity contribution in [3.63, 3.8) is 0 Å². The zero-order valence-corrected chi connectivity index (χ0v) is 9.67. The highest BCUT2D eigenvalue weighted by Crippen LogP contribution is 2.39. The van der Waals surface area contributed by atoms with Gasteiger partial charge in [0.2, 0.25) is 0 Å². The third kappa shape index (κ3) is 3.14. The molecule has 0 N–H and O–H groups in total. The molecule has 16 heavy (non-hydrogen) atoms. The molecule has 0 saturated heterocycles. The zero-order chi connectivity index (χ0) is 12.2. The summed E-state index contributed by atoms with van der Waals surface area (Å²) < 4.78 is 36.9. The number of ether oxygens (including phenoxy) is 2. The first-order chi connectivity index (χ1) is 7.51. The molecule has 0 aromatic carbocycles. The van der Waals surface area contributed by atoms with Gasteiger partial charge in [-0.3, -0.25) is 4.79 Å². The van der Waals surface area contributed by atoms with Crippen molar-refractivity contribution in [2.24, 2.45) is 5.92 Å². The van der Waals surface area contributed by atoms with E-state index in [-0.39, 0.29) is 19.6 Å². The van der Waals surface area contributed by atoms with Gasteiger partial charge in [0.05, 0.1) is 12.5 Å². The zero-order valence-electron chi connectivity index (χ0n) is 9.67. The lowest BCUT2D eigenvalue weighted by molar-refractivity contribution is -0.180. The van der Waals surface area contributed by atoms with Gasteiger partial charge in [-0.25, -0.2) is 8.78 Å². The SMILES string of the molecule is CCOC(=O)C1CCC(OCC)C(F)(F)C1. The summed E-state index contributed by atoms with van der Waals surface area (Å²) in [5.41, 5.74) is 0. The number of hydrogen-bond acceptors (Lipinski definition) is 3. The van der Waals surface area contributed by atoms with Crippen molar-refractivity contribution in [3.05, 3.63) is 0 Å². The topological polar surface area (TPSA) is 35.5 Å². The molecule has 1 rings (SSSR count). The fourth-order valence-electron chi connectivity index (χ4n) is 1.99. The first kappa shape index (κ1) is 13.4. The number of esters is 1. The Morgan fingerprint density at radius 3 is 2.50 bits per heavy atom. The van der Waals surface area contributed by atoms with E-state index in [1.54, 1.807) is 13.8 Å². The molecule has 1 saturated carbocycles. The summed E-state index contributed by atoms with van der Waals surface area (Å²) in [5.74, 6) is -4.13. The number of rotatable bonds is 4. The van der Waals surface area contributed by atoms with Gasteiger partial charge in [0.1, 0.15) is 6.10 Å². The minimum absolute atomic E-state index is 0.213. The molecule has 0 heterocycles. The van der Waals surface area contributed by atoms with Crippen LogP contribution >= 0.6 is 0 Å². The van der Waals surface area contributed by atoms with Gasteiger partial charge in [0, 0.05) is 13.0 Å². The highest BCUT2D eigenvalue weighted by atomic mass is 19.3. The average molecular weight is 236 g/mol. The van der Waals surface area contributed by atoms with E-state index < -0.39 is 30.3 Å². The summed E-state index contributed by atoms with van der Waals surface area (Å²) in [6.45, 7) is 3.86. The second-order valence-electron chi connectivity index (χ2n) is 3.94. The van der Waals surface area contributed by atoms with E-state index in [0.29, 0.717) is 6.42 Å². The highest BCUT2D eigenvalue weighted by molar-refractivity contribution is 5.72. The third-order valence-electron chi connectivity index (χ3n) is 2.75. The first-order valence-electron chi connectivity index (χ1n) is 5.67. The summed E-state index contributed by atoms with van der Waals surface area (Å²) in [5, 5.41) is 0. The van der Waals surface area contributed by atoms with Crippen molar-refractivity contribution in [1.82, 2.24) is 0 Å². The largest absolute Gasteiger partial charge is 0.466 e. The number of alkyl halides is 2. The van der Waals surface area contributed by atoms with E-state index in [4.69, 9.17) is 9.47 Å². The van der Waals surface area contributed by atoms with Crippen LogP contribution in [0.2, 0.25) is 0 Å². The summed E-state index contributed by atoms with van der Waals surface area (Å²) in [4.78, 5) is 11.4. The molecule has 94 valence electrons. The van der Waals surface area contributed by atoms with Gasteiger partial charge < -0.3 is 9.47 Å². The van der Waals surface area contributed by atoms with Crippen LogP contribution in [-0.4, -0.2) is 31.2 Å². The Morgan fingerprint density at radius 1 is 1.31 bits per heavy atom. The second-order valence-corrected chi connectivity index (χ2v) is 3.94. The van der Waals surface area contributed by atoms with Crippen molar-refractivity contribution >= 4 is 5.97 Å². The monoisotopic (exact) mass is 236 g/mol. The first-order valence-corrected chi connectivity index (χ1v) is 5.67. The van der Waals surface area contributed by atoms with Crippen LogP contribution in [0.4, 0.5) is 8.78 Å². The van der Waals surface area contributed by atoms with Crippen LogP contribution < -0.4 is 0 Å². The number of carbonyl (C=O) groups is 1. The molecule has 0 spiro atoms. The molecule has 1 fully saturated rings. The molecule has 1 aliphatic rings. The Labute approximate surface area is 94.1 Å². The van der Waals surface area contributed by atoms with Crippen LogP contribution in [0.1, 0.15) is 33.1 Å². The molecule has 2 atom stereocenters. The number of halogens is 2. The van der Waals surface area contributed by atoms with Crippen molar-refractivity contribution < 1.29 is 23.0 Å². The summed E-state index contributed by atoms with van der Waals surface area (Å²) >= 11 is 0. The lowest BCUT2D eigenvalue weighted by Crippen LogP contribution is -2.44. The Hall–Kier alpha value is -0.710. The van der Waals surface area contributed by atoms with Gasteiger partial charge in [-0.2, -0.15) is 0 Å². The molecule has 0 radical (unpaired) electrons. The Balaban J connectivity index is 2.56. The van der Waals surface area contributed by atoms with Crippen molar-refractivity contribution in [2.75, 3.05) is 13.2 Å². The van der Waals surface area contributed by atoms with Crippen LogP contribution in [0.3, 0.4) is 0 Å². The van der Waals surface area contributed by atoms with E-state index in [1.807, 2.05) is 0 Å². The van der Waals surface area contributed by atoms with E-state index in [2.05, 4.69) is 0 Å². The molecular formula is C11H18F2O3. The Morgan fingerprint density at radius 2 is 2.00 bits per heavy atom. The van der Waals surface area contributed by atoms with Crippen molar-refractivity contribution in [1.29, 1.82) is 0 Å². The second kappa shape index (κ2) is 5.57. The van der Waals surface area contributed by atoms with Gasteiger partial charge in [-0.05, 0) is 26.7 Å². The van der Waals surface area contributed by atoms with Crippen LogP contribution in [0.25, 0.3) is 0 Å². The molecule has 3 nitrogen and oxygen atoms in total. The quantitative estimate of drug-likeness (QED) is 0.703. The maximum atomic E-state index is 13.6. The predicted octanol–water partition coefficient (Wildman–Crippen LogP) is 2.39. The molecule has 5 heteroatoms. The van der Waals surface area contributed by atoms with E-state index in [0.717, 1.165) is 0 Å². The van der Waals surface area contributed by atoms with Gasteiger partial charge >= 0.3 is 5.97 Å². The molecule has 0 amide bonds. The number of carbonyl (C=O) groups excluding carboxylic acids is 1. The maximum Gasteiger partial charge on any atom is 0.309 e. The van der Waals surface area contributed by atoms with E-state index in [9.17, 15) is 13.6 Å². The average Bonchev–Trinajstić information content (AvgIpc) is 2.21. The van der Waals surface area contributed by atoms with Crippen LogP contribution in [-0.2, 0) is 14.3 Å². The normalized spacial score (nSPS) is 28.8. The smallest absolute Gasteiger partial charge is 0.309 e. The van der Waals surface area contributed by atoms with E-state index >= 15 is 0 Å². The Bertz CT molecular complexity index is 243. The minimum Gasteiger partial charge on any atom is -0.466 e. The number of hydrogen-bond donors (Lipinski definition) is 0. The molecule has 0 aromatic heterocycles. The molecule has 0 aromatic rings. The van der Waals surface area contributed by atoms with Crippen molar-refractivity contribution in [3.8, 4) is 0 Å². The Kier molecular flexibility index (Phi) is 4.65. The van der Waals surface area contributed by atoms with Gasteiger partial charge in [-0.15, -0.1) is 0 Å². The van der Waals surface area contributed by atoms with Gasteiger partial charge in [0.15, 0.2) is 0 Å². The lowest BCUT2D eigenvalue weighted by Gasteiger charge is -2.34. The predicted molar refractivity (Wildman–Crippen MR) is 54.3 cm³/mol. The van der Waals surface area contributed by atoms with Gasteiger partial charge in [-0.1, -0.05) is 0 Å². The fourth-order valence-corrected chi connectivity index (χ4v) is 1.99. The van der Waals surface area contributed by atoms with Crippen LogP contribution in [0, 0.1) is 5.92 Å². The van der Waals surface area contributed by atoms with Crippen molar-refractivity contribution in [2.45, 2.75) is 45.1 Å². The fraction of sp³-hybridized carbons (Fsp3) is 0.909.